The molecule has 0 radical (unpaired) electrons. The molecule has 1 heterocycles. The lowest BCUT2D eigenvalue weighted by molar-refractivity contribution is 0.593. The molecule has 0 spiro atoms. The van der Waals surface area contributed by atoms with Crippen molar-refractivity contribution in [1.29, 1.82) is 0 Å². The van der Waals surface area contributed by atoms with E-state index in [1.165, 1.54) is 12.1 Å². The molecule has 102 valence electrons. The van der Waals surface area contributed by atoms with Crippen molar-refractivity contribution < 1.29 is 12.8 Å². The smallest absolute Gasteiger partial charge is 0.263 e. The fourth-order valence-corrected chi connectivity index (χ4v) is 2.54. The highest BCUT2D eigenvalue weighted by molar-refractivity contribution is 7.92. The number of sulfonamides is 1. The molecule has 5 nitrogen and oxygen atoms in total. The van der Waals surface area contributed by atoms with Crippen molar-refractivity contribution in [3.63, 3.8) is 0 Å². The van der Waals surface area contributed by atoms with Gasteiger partial charge in [0, 0.05) is 11.8 Å². The number of anilines is 1. The van der Waals surface area contributed by atoms with E-state index < -0.39 is 15.8 Å². The first-order valence-corrected chi connectivity index (χ1v) is 7.24. The van der Waals surface area contributed by atoms with Gasteiger partial charge in [0.05, 0.1) is 4.90 Å². The Morgan fingerprint density at radius 2 is 2.11 bits per heavy atom. The van der Waals surface area contributed by atoms with Gasteiger partial charge < -0.3 is 0 Å². The van der Waals surface area contributed by atoms with Crippen molar-refractivity contribution in [1.82, 2.24) is 10.2 Å². The molecule has 0 aliphatic rings. The minimum absolute atomic E-state index is 0.128. The van der Waals surface area contributed by atoms with Crippen molar-refractivity contribution in [2.45, 2.75) is 25.2 Å². The Bertz CT molecular complexity index is 695. The molecular formula is C12H14FN3O2S. The van der Waals surface area contributed by atoms with Gasteiger partial charge in [0.15, 0.2) is 5.82 Å². The van der Waals surface area contributed by atoms with Gasteiger partial charge in [-0.05, 0) is 31.0 Å². The first-order valence-electron chi connectivity index (χ1n) is 5.75. The van der Waals surface area contributed by atoms with E-state index in [1.807, 2.05) is 6.92 Å². The van der Waals surface area contributed by atoms with Gasteiger partial charge >= 0.3 is 0 Å². The molecule has 0 saturated carbocycles. The maximum atomic E-state index is 13.4. The fraction of sp³-hybridized carbons (Fsp3) is 0.250. The molecule has 1 aromatic heterocycles. The molecule has 0 atom stereocenters. The monoisotopic (exact) mass is 283 g/mol. The van der Waals surface area contributed by atoms with Crippen LogP contribution in [0.2, 0.25) is 0 Å². The number of aromatic nitrogens is 2. The van der Waals surface area contributed by atoms with Crippen LogP contribution in [0.15, 0.2) is 29.2 Å². The van der Waals surface area contributed by atoms with Gasteiger partial charge in [0.25, 0.3) is 10.0 Å². The van der Waals surface area contributed by atoms with Crippen molar-refractivity contribution >= 4 is 15.8 Å². The van der Waals surface area contributed by atoms with Gasteiger partial charge in [-0.15, -0.1) is 0 Å². The molecule has 2 rings (SSSR count). The van der Waals surface area contributed by atoms with Crippen LogP contribution in [0, 0.1) is 12.7 Å². The van der Waals surface area contributed by atoms with Crippen molar-refractivity contribution in [2.75, 3.05) is 4.72 Å². The second-order valence-corrected chi connectivity index (χ2v) is 5.83. The van der Waals surface area contributed by atoms with E-state index in [2.05, 4.69) is 14.9 Å². The molecule has 0 saturated heterocycles. The molecule has 1 aromatic carbocycles. The normalized spacial score (nSPS) is 11.5. The highest BCUT2D eigenvalue weighted by atomic mass is 32.2. The number of benzene rings is 1. The lowest BCUT2D eigenvalue weighted by Gasteiger charge is -2.06. The molecule has 2 aromatic rings. The number of hydrogen-bond acceptors (Lipinski definition) is 3. The first kappa shape index (κ1) is 13.5. The number of H-pyrrole nitrogens is 1. The third kappa shape index (κ3) is 2.93. The predicted molar refractivity (Wildman–Crippen MR) is 69.9 cm³/mol. The Labute approximate surface area is 110 Å². The molecule has 19 heavy (non-hydrogen) atoms. The van der Waals surface area contributed by atoms with Crippen LogP contribution < -0.4 is 4.72 Å². The van der Waals surface area contributed by atoms with E-state index >= 15 is 0 Å². The third-order valence-electron chi connectivity index (χ3n) is 2.70. The molecule has 7 heteroatoms. The molecule has 0 unspecified atom stereocenters. The molecule has 2 N–H and O–H groups in total. The van der Waals surface area contributed by atoms with Gasteiger partial charge in [-0.25, -0.2) is 12.8 Å². The topological polar surface area (TPSA) is 74.8 Å². The summed E-state index contributed by atoms with van der Waals surface area (Å²) in [7, 11) is -3.82. The molecular weight excluding hydrogens is 269 g/mol. The van der Waals surface area contributed by atoms with Gasteiger partial charge in [0.2, 0.25) is 0 Å². The molecule has 0 amide bonds. The van der Waals surface area contributed by atoms with Gasteiger partial charge in [-0.1, -0.05) is 13.0 Å². The summed E-state index contributed by atoms with van der Waals surface area (Å²) in [6.45, 7) is 3.49. The van der Waals surface area contributed by atoms with Crippen LogP contribution in [0.3, 0.4) is 0 Å². The van der Waals surface area contributed by atoms with Crippen LogP contribution in [0.4, 0.5) is 10.2 Å². The van der Waals surface area contributed by atoms with Crippen LogP contribution >= 0.6 is 0 Å². The third-order valence-corrected chi connectivity index (χ3v) is 4.06. The Hall–Kier alpha value is -1.89. The Morgan fingerprint density at radius 1 is 1.37 bits per heavy atom. The largest absolute Gasteiger partial charge is 0.280 e. The van der Waals surface area contributed by atoms with Crippen LogP contribution in [-0.4, -0.2) is 18.6 Å². The molecule has 0 bridgehead atoms. The maximum absolute atomic E-state index is 13.4. The summed E-state index contributed by atoms with van der Waals surface area (Å²) in [6.07, 6.45) is 0.716. The Morgan fingerprint density at radius 3 is 2.68 bits per heavy atom. The number of aromatic amines is 1. The van der Waals surface area contributed by atoms with Crippen molar-refractivity contribution in [2.24, 2.45) is 0 Å². The van der Waals surface area contributed by atoms with E-state index in [4.69, 9.17) is 0 Å². The fourth-order valence-electron chi connectivity index (χ4n) is 1.53. The van der Waals surface area contributed by atoms with Crippen molar-refractivity contribution in [3.8, 4) is 0 Å². The number of halogens is 1. The zero-order chi connectivity index (χ0) is 14.0. The summed E-state index contributed by atoms with van der Waals surface area (Å²) in [5.41, 5.74) is 1.21. The lowest BCUT2D eigenvalue weighted by atomic mass is 10.2. The van der Waals surface area contributed by atoms with Gasteiger partial charge in [-0.2, -0.15) is 5.10 Å². The highest BCUT2D eigenvalue weighted by Gasteiger charge is 2.17. The number of rotatable bonds is 4. The van der Waals surface area contributed by atoms with E-state index in [0.717, 1.165) is 11.8 Å². The Kier molecular flexibility index (Phi) is 3.57. The first-order chi connectivity index (χ1) is 8.92. The molecule has 0 aliphatic heterocycles. The van der Waals surface area contributed by atoms with E-state index in [1.54, 1.807) is 13.0 Å². The summed E-state index contributed by atoms with van der Waals surface area (Å²) in [6, 6.07) is 5.37. The second kappa shape index (κ2) is 5.00. The van der Waals surface area contributed by atoms with E-state index in [9.17, 15) is 12.8 Å². The highest BCUT2D eigenvalue weighted by Crippen LogP contribution is 2.17. The minimum atomic E-state index is -3.82. The quantitative estimate of drug-likeness (QED) is 0.903. The number of aryl methyl sites for hydroxylation is 2. The summed E-state index contributed by atoms with van der Waals surface area (Å²) in [4.78, 5) is -0.128. The average Bonchev–Trinajstić information content (AvgIpc) is 2.79. The number of nitrogens with one attached hydrogen (secondary N) is 2. The van der Waals surface area contributed by atoms with Crippen LogP contribution in [0.5, 0.6) is 0 Å². The van der Waals surface area contributed by atoms with Crippen LogP contribution in [0.1, 0.15) is 18.2 Å². The maximum Gasteiger partial charge on any atom is 0.263 e. The summed E-state index contributed by atoms with van der Waals surface area (Å²) >= 11 is 0. The number of nitrogens with zero attached hydrogens (tertiary/aromatic N) is 1. The van der Waals surface area contributed by atoms with Crippen molar-refractivity contribution in [3.05, 3.63) is 41.3 Å². The number of hydrogen-bond donors (Lipinski definition) is 2. The summed E-state index contributed by atoms with van der Waals surface area (Å²) < 4.78 is 39.8. The second-order valence-electron chi connectivity index (χ2n) is 4.15. The van der Waals surface area contributed by atoms with Crippen LogP contribution in [0.25, 0.3) is 0 Å². The average molecular weight is 283 g/mol. The zero-order valence-corrected chi connectivity index (χ0v) is 11.4. The zero-order valence-electron chi connectivity index (χ0n) is 10.6. The van der Waals surface area contributed by atoms with E-state index in [0.29, 0.717) is 12.0 Å². The molecule has 0 aliphatic carbocycles. The van der Waals surface area contributed by atoms with Gasteiger partial charge in [0.1, 0.15) is 5.82 Å². The lowest BCUT2D eigenvalue weighted by Crippen LogP contribution is -2.13. The standard InChI is InChI=1S/C12H14FN3O2S/c1-3-9-6-12(15-14-9)16-19(17,18)10-5-4-8(2)11(13)7-10/h4-7H,3H2,1-2H3,(H2,14,15,16). The predicted octanol–water partition coefficient (Wildman–Crippen LogP) is 2.22. The summed E-state index contributed by atoms with van der Waals surface area (Å²) in [5.74, 6) is -0.364. The van der Waals surface area contributed by atoms with Crippen LogP contribution in [-0.2, 0) is 16.4 Å². The minimum Gasteiger partial charge on any atom is -0.280 e. The SMILES string of the molecule is CCc1cc(NS(=O)(=O)c2ccc(C)c(F)c2)n[nH]1. The van der Waals surface area contributed by atoms with Gasteiger partial charge in [-0.3, -0.25) is 9.82 Å². The Balaban J connectivity index is 2.29. The summed E-state index contributed by atoms with van der Waals surface area (Å²) in [5, 5.41) is 6.53. The molecule has 0 fully saturated rings. The van der Waals surface area contributed by atoms with E-state index in [-0.39, 0.29) is 10.7 Å².